The number of nitrogens with one attached hydrogen (secondary N) is 1. The first-order valence-electron chi connectivity index (χ1n) is 9.33. The molecule has 1 aliphatic heterocycles. The molecule has 0 aliphatic carbocycles. The number of piperidine rings is 1. The summed E-state index contributed by atoms with van der Waals surface area (Å²) in [6.45, 7) is 2.32. The number of hydrogen-bond donors (Lipinski definition) is 3. The quantitative estimate of drug-likeness (QED) is 0.481. The van der Waals surface area contributed by atoms with Crippen molar-refractivity contribution in [3.05, 3.63) is 0 Å². The molecule has 3 nitrogen and oxygen atoms in total. The molecule has 0 unspecified atom stereocenters. The van der Waals surface area contributed by atoms with Crippen molar-refractivity contribution in [2.45, 2.75) is 109 Å². The van der Waals surface area contributed by atoms with Crippen LogP contribution >= 0.6 is 0 Å². The van der Waals surface area contributed by atoms with Crippen LogP contribution in [-0.2, 0) is 0 Å². The Morgan fingerprint density at radius 3 is 2.00 bits per heavy atom. The van der Waals surface area contributed by atoms with E-state index in [4.69, 9.17) is 0 Å². The van der Waals surface area contributed by atoms with Crippen LogP contribution in [0.4, 0.5) is 0 Å². The van der Waals surface area contributed by atoms with Crippen LogP contribution in [0.2, 0.25) is 0 Å². The van der Waals surface area contributed by atoms with Gasteiger partial charge in [-0.1, -0.05) is 71.1 Å². The minimum Gasteiger partial charge on any atom is -0.395 e. The van der Waals surface area contributed by atoms with Crippen LogP contribution in [0.5, 0.6) is 0 Å². The zero-order chi connectivity index (χ0) is 15.3. The number of rotatable bonds is 12. The van der Waals surface area contributed by atoms with Gasteiger partial charge in [-0.2, -0.15) is 0 Å². The molecule has 21 heavy (non-hydrogen) atoms. The third-order valence-corrected chi connectivity index (χ3v) is 4.83. The number of aliphatic hydroxyl groups excluding tert-OH is 2. The van der Waals surface area contributed by atoms with Crippen molar-refractivity contribution >= 4 is 0 Å². The van der Waals surface area contributed by atoms with Gasteiger partial charge in [0, 0.05) is 6.04 Å². The maximum Gasteiger partial charge on any atom is 0.0716 e. The van der Waals surface area contributed by atoms with Crippen LogP contribution < -0.4 is 5.32 Å². The largest absolute Gasteiger partial charge is 0.395 e. The van der Waals surface area contributed by atoms with E-state index in [1.807, 2.05) is 0 Å². The van der Waals surface area contributed by atoms with Crippen LogP contribution in [-0.4, -0.2) is 35.0 Å². The zero-order valence-electron chi connectivity index (χ0n) is 14.0. The average Bonchev–Trinajstić information content (AvgIpc) is 2.50. The van der Waals surface area contributed by atoms with Crippen molar-refractivity contribution in [1.82, 2.24) is 5.32 Å². The zero-order valence-corrected chi connectivity index (χ0v) is 14.0. The fourth-order valence-electron chi connectivity index (χ4n) is 3.35. The smallest absolute Gasteiger partial charge is 0.0716 e. The molecule has 0 bridgehead atoms. The predicted molar refractivity (Wildman–Crippen MR) is 89.5 cm³/mol. The van der Waals surface area contributed by atoms with Crippen molar-refractivity contribution in [3.8, 4) is 0 Å². The first-order valence-corrected chi connectivity index (χ1v) is 9.33. The van der Waals surface area contributed by atoms with Gasteiger partial charge in [0.25, 0.3) is 0 Å². The highest BCUT2D eigenvalue weighted by Gasteiger charge is 2.27. The standard InChI is InChI=1S/C18H37NO2/c1-2-3-4-5-6-7-8-9-10-11-12-16-13-14-18(21)17(15-20)19-16/h16-21H,2-15H2,1H3/t16-,17+,18-/m1/s1. The van der Waals surface area contributed by atoms with Crippen LogP contribution in [0, 0.1) is 0 Å². The van der Waals surface area contributed by atoms with E-state index in [0.717, 1.165) is 12.8 Å². The fourth-order valence-corrected chi connectivity index (χ4v) is 3.35. The minimum atomic E-state index is -0.362. The van der Waals surface area contributed by atoms with Crippen LogP contribution in [0.1, 0.15) is 90.4 Å². The fraction of sp³-hybridized carbons (Fsp3) is 1.00. The van der Waals surface area contributed by atoms with E-state index in [0.29, 0.717) is 6.04 Å². The summed E-state index contributed by atoms with van der Waals surface area (Å²) in [6, 6.07) is 0.395. The molecular weight excluding hydrogens is 262 g/mol. The molecule has 1 rings (SSSR count). The highest BCUT2D eigenvalue weighted by molar-refractivity contribution is 4.86. The van der Waals surface area contributed by atoms with Gasteiger partial charge in [0.1, 0.15) is 0 Å². The molecule has 0 aromatic heterocycles. The highest BCUT2D eigenvalue weighted by atomic mass is 16.3. The van der Waals surface area contributed by atoms with Crippen molar-refractivity contribution in [2.75, 3.05) is 6.61 Å². The van der Waals surface area contributed by atoms with Gasteiger partial charge in [-0.15, -0.1) is 0 Å². The molecule has 0 aromatic carbocycles. The van der Waals surface area contributed by atoms with Gasteiger partial charge in [0.15, 0.2) is 0 Å². The Labute approximate surface area is 131 Å². The number of aliphatic hydroxyl groups is 2. The summed E-state index contributed by atoms with van der Waals surface area (Å²) in [5.74, 6) is 0. The lowest BCUT2D eigenvalue weighted by Crippen LogP contribution is -2.52. The Morgan fingerprint density at radius 2 is 1.43 bits per heavy atom. The maximum absolute atomic E-state index is 9.71. The van der Waals surface area contributed by atoms with E-state index in [2.05, 4.69) is 12.2 Å². The van der Waals surface area contributed by atoms with Crippen molar-refractivity contribution in [1.29, 1.82) is 0 Å². The normalized spacial score (nSPS) is 26.1. The Morgan fingerprint density at radius 1 is 0.857 bits per heavy atom. The van der Waals surface area contributed by atoms with E-state index >= 15 is 0 Å². The Balaban J connectivity index is 1.88. The second-order valence-electron chi connectivity index (χ2n) is 6.77. The molecule has 1 saturated heterocycles. The van der Waals surface area contributed by atoms with Crippen molar-refractivity contribution in [2.24, 2.45) is 0 Å². The molecule has 0 saturated carbocycles. The lowest BCUT2D eigenvalue weighted by atomic mass is 9.93. The molecule has 0 aromatic rings. The minimum absolute atomic E-state index is 0.0513. The lowest BCUT2D eigenvalue weighted by Gasteiger charge is -2.34. The van der Waals surface area contributed by atoms with Gasteiger partial charge < -0.3 is 15.5 Å². The van der Waals surface area contributed by atoms with Gasteiger partial charge in [-0.3, -0.25) is 0 Å². The van der Waals surface area contributed by atoms with Gasteiger partial charge in [0.05, 0.1) is 18.8 Å². The summed E-state index contributed by atoms with van der Waals surface area (Å²) in [5.41, 5.74) is 0. The molecular formula is C18H37NO2. The van der Waals surface area contributed by atoms with Gasteiger partial charge >= 0.3 is 0 Å². The van der Waals surface area contributed by atoms with Gasteiger partial charge in [-0.05, 0) is 19.3 Å². The van der Waals surface area contributed by atoms with Crippen LogP contribution in [0.3, 0.4) is 0 Å². The second kappa shape index (κ2) is 12.4. The van der Waals surface area contributed by atoms with E-state index < -0.39 is 0 Å². The summed E-state index contributed by atoms with van der Waals surface area (Å²) >= 11 is 0. The Kier molecular flexibility index (Phi) is 11.2. The summed E-state index contributed by atoms with van der Waals surface area (Å²) in [4.78, 5) is 0. The SMILES string of the molecule is CCCCCCCCCCCC[C@@H]1CC[C@@H](O)[C@H](CO)N1. The number of unbranched alkanes of at least 4 members (excludes halogenated alkanes) is 9. The predicted octanol–water partition coefficient (Wildman–Crippen LogP) is 3.77. The topological polar surface area (TPSA) is 52.5 Å². The molecule has 0 spiro atoms. The Hall–Kier alpha value is -0.120. The number of hydrogen-bond acceptors (Lipinski definition) is 3. The molecule has 126 valence electrons. The third-order valence-electron chi connectivity index (χ3n) is 4.83. The van der Waals surface area contributed by atoms with E-state index in [1.54, 1.807) is 0 Å². The first kappa shape index (κ1) is 18.9. The molecule has 3 atom stereocenters. The van der Waals surface area contributed by atoms with E-state index in [9.17, 15) is 10.2 Å². The van der Waals surface area contributed by atoms with Crippen LogP contribution in [0.25, 0.3) is 0 Å². The first-order chi connectivity index (χ1) is 10.3. The molecule has 0 amide bonds. The van der Waals surface area contributed by atoms with Crippen molar-refractivity contribution < 1.29 is 10.2 Å². The monoisotopic (exact) mass is 299 g/mol. The van der Waals surface area contributed by atoms with Gasteiger partial charge in [0.2, 0.25) is 0 Å². The van der Waals surface area contributed by atoms with Gasteiger partial charge in [-0.25, -0.2) is 0 Å². The van der Waals surface area contributed by atoms with E-state index in [-0.39, 0.29) is 18.8 Å². The second-order valence-corrected chi connectivity index (χ2v) is 6.77. The molecule has 3 N–H and O–H groups in total. The summed E-state index contributed by atoms with van der Waals surface area (Å²) in [5, 5.41) is 22.3. The molecule has 3 heteroatoms. The van der Waals surface area contributed by atoms with Crippen molar-refractivity contribution in [3.63, 3.8) is 0 Å². The van der Waals surface area contributed by atoms with Crippen LogP contribution in [0.15, 0.2) is 0 Å². The highest BCUT2D eigenvalue weighted by Crippen LogP contribution is 2.18. The molecule has 0 radical (unpaired) electrons. The maximum atomic E-state index is 9.71. The van der Waals surface area contributed by atoms with E-state index in [1.165, 1.54) is 70.6 Å². The third kappa shape index (κ3) is 8.80. The Bertz CT molecular complexity index is 235. The molecule has 1 aliphatic rings. The lowest BCUT2D eigenvalue weighted by molar-refractivity contribution is 0.0482. The summed E-state index contributed by atoms with van der Waals surface area (Å²) < 4.78 is 0. The summed E-state index contributed by atoms with van der Waals surface area (Å²) in [6.07, 6.45) is 16.5. The average molecular weight is 299 g/mol. The molecule has 1 fully saturated rings. The molecule has 1 heterocycles. The summed E-state index contributed by atoms with van der Waals surface area (Å²) in [7, 11) is 0.